The monoisotopic (exact) mass is 305 g/mol. The van der Waals surface area contributed by atoms with Crippen LogP contribution < -0.4 is 5.32 Å². The Bertz CT molecular complexity index is 560. The fraction of sp³-hybridized carbons (Fsp3) is 0.611. The van der Waals surface area contributed by atoms with Gasteiger partial charge in [-0.25, -0.2) is 4.39 Å². The van der Waals surface area contributed by atoms with Gasteiger partial charge in [0.2, 0.25) is 0 Å². The van der Waals surface area contributed by atoms with E-state index >= 15 is 0 Å². The summed E-state index contributed by atoms with van der Waals surface area (Å²) in [6, 6.07) is 5.49. The van der Waals surface area contributed by atoms with Gasteiger partial charge in [0.1, 0.15) is 5.82 Å². The zero-order chi connectivity index (χ0) is 15.7. The maximum Gasteiger partial charge on any atom is 0.310 e. The Balaban J connectivity index is 1.67. The molecule has 4 atom stereocenters. The maximum absolute atomic E-state index is 13.6. The first-order chi connectivity index (χ1) is 10.6. The molecular weight excluding hydrogens is 281 g/mol. The maximum atomic E-state index is 13.6. The van der Waals surface area contributed by atoms with Crippen LogP contribution in [0.1, 0.15) is 37.3 Å². The smallest absolute Gasteiger partial charge is 0.310 e. The third kappa shape index (κ3) is 2.89. The predicted molar refractivity (Wildman–Crippen MR) is 82.7 cm³/mol. The summed E-state index contributed by atoms with van der Waals surface area (Å²) in [4.78, 5) is 12.2. The summed E-state index contributed by atoms with van der Waals surface area (Å²) >= 11 is 0. The first-order valence-electron chi connectivity index (χ1n) is 8.25. The van der Waals surface area contributed by atoms with Crippen LogP contribution in [0.5, 0.6) is 0 Å². The lowest BCUT2D eigenvalue weighted by Crippen LogP contribution is -2.44. The lowest BCUT2D eigenvalue weighted by atomic mass is 9.84. The van der Waals surface area contributed by atoms with E-state index in [1.54, 1.807) is 19.1 Å². The fourth-order valence-electron chi connectivity index (χ4n) is 4.14. The number of carbonyl (C=O) groups is 1. The molecule has 0 saturated heterocycles. The van der Waals surface area contributed by atoms with Crippen LogP contribution in [0.4, 0.5) is 4.39 Å². The molecule has 3 nitrogen and oxygen atoms in total. The number of aryl methyl sites for hydroxylation is 1. The van der Waals surface area contributed by atoms with Gasteiger partial charge in [0, 0.05) is 12.6 Å². The summed E-state index contributed by atoms with van der Waals surface area (Å²) in [5, 5.41) is 3.50. The summed E-state index contributed by atoms with van der Waals surface area (Å²) < 4.78 is 18.9. The molecule has 3 unspecified atom stereocenters. The molecule has 0 aliphatic heterocycles. The molecule has 120 valence electrons. The lowest BCUT2D eigenvalue weighted by Gasteiger charge is -2.30. The number of nitrogens with one attached hydrogen (secondary N) is 1. The summed E-state index contributed by atoms with van der Waals surface area (Å²) in [5.41, 5.74) is 1.58. The van der Waals surface area contributed by atoms with Crippen molar-refractivity contribution < 1.29 is 13.9 Å². The Hall–Kier alpha value is -1.42. The zero-order valence-corrected chi connectivity index (χ0v) is 13.3. The average molecular weight is 305 g/mol. The number of fused-ring (bicyclic) bond motifs is 2. The molecule has 2 aliphatic carbocycles. The van der Waals surface area contributed by atoms with Crippen LogP contribution in [0.15, 0.2) is 18.2 Å². The predicted octanol–water partition coefficient (Wildman–Crippen LogP) is 3.20. The molecule has 0 spiro atoms. The highest BCUT2D eigenvalue weighted by molar-refractivity contribution is 5.74. The number of benzene rings is 1. The minimum absolute atomic E-state index is 0.0333. The highest BCUT2D eigenvalue weighted by atomic mass is 19.1. The van der Waals surface area contributed by atoms with Crippen molar-refractivity contribution in [2.24, 2.45) is 17.8 Å². The zero-order valence-electron chi connectivity index (χ0n) is 13.3. The first kappa shape index (κ1) is 15.5. The van der Waals surface area contributed by atoms with E-state index in [0.29, 0.717) is 30.6 Å². The van der Waals surface area contributed by atoms with Crippen molar-refractivity contribution in [1.82, 2.24) is 5.32 Å². The Kier molecular flexibility index (Phi) is 4.48. The molecule has 2 saturated carbocycles. The van der Waals surface area contributed by atoms with Gasteiger partial charge >= 0.3 is 5.97 Å². The van der Waals surface area contributed by atoms with Crippen LogP contribution in [0.25, 0.3) is 0 Å². The Labute approximate surface area is 131 Å². The number of ether oxygens (including phenoxy) is 1. The molecule has 1 aromatic rings. The van der Waals surface area contributed by atoms with Crippen molar-refractivity contribution in [1.29, 1.82) is 0 Å². The summed E-state index contributed by atoms with van der Waals surface area (Å²) in [5.74, 6) is 0.733. The van der Waals surface area contributed by atoms with Crippen molar-refractivity contribution in [3.8, 4) is 0 Å². The molecule has 22 heavy (non-hydrogen) atoms. The number of rotatable bonds is 5. The molecule has 2 bridgehead atoms. The van der Waals surface area contributed by atoms with Crippen molar-refractivity contribution >= 4 is 5.97 Å². The van der Waals surface area contributed by atoms with Crippen LogP contribution in [-0.2, 0) is 16.1 Å². The fourth-order valence-corrected chi connectivity index (χ4v) is 4.14. The summed E-state index contributed by atoms with van der Waals surface area (Å²) in [6.07, 6.45) is 3.43. The number of carbonyl (C=O) groups excluding carboxylic acids is 1. The van der Waals surface area contributed by atoms with E-state index in [0.717, 1.165) is 18.4 Å². The van der Waals surface area contributed by atoms with E-state index in [4.69, 9.17) is 4.74 Å². The van der Waals surface area contributed by atoms with E-state index in [1.807, 2.05) is 13.0 Å². The minimum atomic E-state index is -0.172. The van der Waals surface area contributed by atoms with Crippen LogP contribution in [0.2, 0.25) is 0 Å². The highest BCUT2D eigenvalue weighted by Crippen LogP contribution is 2.49. The van der Waals surface area contributed by atoms with Gasteiger partial charge in [-0.15, -0.1) is 0 Å². The van der Waals surface area contributed by atoms with Gasteiger partial charge in [-0.05, 0) is 62.1 Å². The molecule has 0 aromatic heterocycles. The van der Waals surface area contributed by atoms with E-state index in [-0.39, 0.29) is 23.7 Å². The van der Waals surface area contributed by atoms with E-state index in [2.05, 4.69) is 5.32 Å². The third-order valence-electron chi connectivity index (χ3n) is 5.25. The second-order valence-corrected chi connectivity index (χ2v) is 6.60. The first-order valence-corrected chi connectivity index (χ1v) is 8.25. The van der Waals surface area contributed by atoms with E-state index in [9.17, 15) is 9.18 Å². The second-order valence-electron chi connectivity index (χ2n) is 6.60. The van der Waals surface area contributed by atoms with Gasteiger partial charge in [-0.2, -0.15) is 0 Å². The SMILES string of the molecule is CCOC(=O)C1C2CC[C@H](C2)C1NCc1ccc(C)c(F)c1. The van der Waals surface area contributed by atoms with Gasteiger partial charge in [0.15, 0.2) is 0 Å². The van der Waals surface area contributed by atoms with Crippen LogP contribution in [0.3, 0.4) is 0 Å². The standard InChI is InChI=1S/C18H24FNO2/c1-3-22-18(21)16-13-6-7-14(9-13)17(16)20-10-12-5-4-11(2)15(19)8-12/h4-5,8,13-14,16-17,20H,3,6-7,9-10H2,1-2H3/t13?,14-,16?,17?/m1/s1. The molecule has 3 rings (SSSR count). The summed E-state index contributed by atoms with van der Waals surface area (Å²) in [6.45, 7) is 4.64. The lowest BCUT2D eigenvalue weighted by molar-refractivity contribution is -0.150. The number of hydrogen-bond acceptors (Lipinski definition) is 3. The number of hydrogen-bond donors (Lipinski definition) is 1. The third-order valence-corrected chi connectivity index (χ3v) is 5.25. The van der Waals surface area contributed by atoms with Crippen LogP contribution in [-0.4, -0.2) is 18.6 Å². The molecule has 4 heteroatoms. The summed E-state index contributed by atoms with van der Waals surface area (Å²) in [7, 11) is 0. The van der Waals surface area contributed by atoms with Gasteiger partial charge in [-0.1, -0.05) is 12.1 Å². The Morgan fingerprint density at radius 1 is 1.36 bits per heavy atom. The molecule has 0 heterocycles. The van der Waals surface area contributed by atoms with Crippen molar-refractivity contribution in [2.45, 2.75) is 45.7 Å². The Morgan fingerprint density at radius 3 is 2.86 bits per heavy atom. The second kappa shape index (κ2) is 6.37. The largest absolute Gasteiger partial charge is 0.466 e. The average Bonchev–Trinajstić information content (AvgIpc) is 3.09. The molecule has 1 N–H and O–H groups in total. The highest BCUT2D eigenvalue weighted by Gasteiger charge is 2.51. The van der Waals surface area contributed by atoms with Crippen molar-refractivity contribution in [3.63, 3.8) is 0 Å². The van der Waals surface area contributed by atoms with Gasteiger partial charge in [0.25, 0.3) is 0 Å². The molecule has 0 radical (unpaired) electrons. The molecule has 2 fully saturated rings. The number of esters is 1. The normalized spacial score (nSPS) is 29.8. The molecule has 0 amide bonds. The Morgan fingerprint density at radius 2 is 2.14 bits per heavy atom. The van der Waals surface area contributed by atoms with Crippen LogP contribution in [0, 0.1) is 30.5 Å². The van der Waals surface area contributed by atoms with Gasteiger partial charge in [-0.3, -0.25) is 4.79 Å². The minimum Gasteiger partial charge on any atom is -0.466 e. The van der Waals surface area contributed by atoms with E-state index < -0.39 is 0 Å². The quantitative estimate of drug-likeness (QED) is 0.849. The van der Waals surface area contributed by atoms with Gasteiger partial charge in [0.05, 0.1) is 12.5 Å². The van der Waals surface area contributed by atoms with E-state index in [1.165, 1.54) is 6.42 Å². The van der Waals surface area contributed by atoms with Gasteiger partial charge < -0.3 is 10.1 Å². The molecular formula is C18H24FNO2. The molecule has 2 aliphatic rings. The topological polar surface area (TPSA) is 38.3 Å². The van der Waals surface area contributed by atoms with Crippen LogP contribution >= 0.6 is 0 Å². The number of halogens is 1. The molecule has 1 aromatic carbocycles. The van der Waals surface area contributed by atoms with Crippen molar-refractivity contribution in [2.75, 3.05) is 6.61 Å². The van der Waals surface area contributed by atoms with Crippen molar-refractivity contribution in [3.05, 3.63) is 35.1 Å².